The van der Waals surface area contributed by atoms with Crippen molar-refractivity contribution in [1.82, 2.24) is 10.2 Å². The average Bonchev–Trinajstić information content (AvgIpc) is 2.83. The van der Waals surface area contributed by atoms with Crippen molar-refractivity contribution in [2.75, 3.05) is 26.7 Å². The van der Waals surface area contributed by atoms with Crippen LogP contribution < -0.4 is 5.32 Å². The van der Waals surface area contributed by atoms with Crippen molar-refractivity contribution in [2.45, 2.75) is 32.2 Å². The van der Waals surface area contributed by atoms with Gasteiger partial charge in [-0.3, -0.25) is 0 Å². The monoisotopic (exact) mass is 250 g/mol. The number of nitrogens with zero attached hydrogens (tertiary/aromatic N) is 1. The first kappa shape index (κ1) is 13.5. The number of rotatable bonds is 5. The third-order valence-electron chi connectivity index (χ3n) is 3.70. The first-order valence-corrected chi connectivity index (χ1v) is 6.82. The summed E-state index contributed by atoms with van der Waals surface area (Å²) in [6.45, 7) is 5.13. The highest BCUT2D eigenvalue weighted by Crippen LogP contribution is 2.11. The van der Waals surface area contributed by atoms with E-state index in [0.29, 0.717) is 6.04 Å². The molecule has 1 aromatic carbocycles. The molecule has 0 aromatic heterocycles. The largest absolute Gasteiger partial charge is 0.313 e. The van der Waals surface area contributed by atoms with Crippen molar-refractivity contribution in [1.29, 1.82) is 0 Å². The van der Waals surface area contributed by atoms with Gasteiger partial charge in [-0.25, -0.2) is 4.39 Å². The third-order valence-corrected chi connectivity index (χ3v) is 3.70. The molecule has 1 unspecified atom stereocenters. The van der Waals surface area contributed by atoms with E-state index in [4.69, 9.17) is 0 Å². The van der Waals surface area contributed by atoms with Crippen LogP contribution in [0.4, 0.5) is 4.39 Å². The summed E-state index contributed by atoms with van der Waals surface area (Å²) in [5.74, 6) is -0.109. The van der Waals surface area contributed by atoms with Gasteiger partial charge in [0.25, 0.3) is 0 Å². The van der Waals surface area contributed by atoms with E-state index in [0.717, 1.165) is 31.6 Å². The van der Waals surface area contributed by atoms with Gasteiger partial charge in [0, 0.05) is 19.1 Å². The minimum Gasteiger partial charge on any atom is -0.313 e. The fraction of sp³-hybridized carbons (Fsp3) is 0.600. The molecule has 0 bridgehead atoms. The molecule has 1 atom stereocenters. The highest BCUT2D eigenvalue weighted by atomic mass is 19.1. The molecule has 1 fully saturated rings. The van der Waals surface area contributed by atoms with E-state index in [1.165, 1.54) is 18.4 Å². The molecular weight excluding hydrogens is 227 g/mol. The van der Waals surface area contributed by atoms with Crippen molar-refractivity contribution >= 4 is 0 Å². The standard InChI is InChI=1S/C15H23FN2/c1-12-10-13(5-6-15(12)16)7-9-18(2)11-14-4-3-8-17-14/h5-6,10,14,17H,3-4,7-9,11H2,1-2H3. The van der Waals surface area contributed by atoms with Crippen molar-refractivity contribution in [3.63, 3.8) is 0 Å². The molecule has 1 aliphatic rings. The van der Waals surface area contributed by atoms with Gasteiger partial charge in [-0.1, -0.05) is 12.1 Å². The second kappa shape index (κ2) is 6.30. The Balaban J connectivity index is 1.77. The van der Waals surface area contributed by atoms with Gasteiger partial charge in [0.05, 0.1) is 0 Å². The molecule has 0 aliphatic carbocycles. The van der Waals surface area contributed by atoms with Crippen LogP contribution >= 0.6 is 0 Å². The number of benzene rings is 1. The Labute approximate surface area is 109 Å². The molecule has 1 heterocycles. The van der Waals surface area contributed by atoms with E-state index in [2.05, 4.69) is 17.3 Å². The first-order valence-electron chi connectivity index (χ1n) is 6.82. The van der Waals surface area contributed by atoms with Crippen LogP contribution in [-0.4, -0.2) is 37.6 Å². The van der Waals surface area contributed by atoms with E-state index in [9.17, 15) is 4.39 Å². The van der Waals surface area contributed by atoms with Gasteiger partial charge in [-0.15, -0.1) is 0 Å². The molecule has 0 saturated carbocycles. The van der Waals surface area contributed by atoms with Crippen LogP contribution in [0.2, 0.25) is 0 Å². The molecule has 1 saturated heterocycles. The number of hydrogen-bond acceptors (Lipinski definition) is 2. The minimum absolute atomic E-state index is 0.109. The van der Waals surface area contributed by atoms with Gasteiger partial charge in [0.1, 0.15) is 5.82 Å². The molecule has 0 amide bonds. The predicted octanol–water partition coefficient (Wildman–Crippen LogP) is 2.36. The van der Waals surface area contributed by atoms with Crippen LogP contribution in [0.5, 0.6) is 0 Å². The fourth-order valence-electron chi connectivity index (χ4n) is 2.56. The zero-order valence-corrected chi connectivity index (χ0v) is 11.4. The Kier molecular flexibility index (Phi) is 4.72. The lowest BCUT2D eigenvalue weighted by Gasteiger charge is -2.21. The Morgan fingerprint density at radius 2 is 2.28 bits per heavy atom. The quantitative estimate of drug-likeness (QED) is 0.863. The van der Waals surface area contributed by atoms with Crippen LogP contribution in [0, 0.1) is 12.7 Å². The average molecular weight is 250 g/mol. The molecule has 18 heavy (non-hydrogen) atoms. The maximum absolute atomic E-state index is 13.1. The second-order valence-corrected chi connectivity index (χ2v) is 5.39. The van der Waals surface area contributed by atoms with Gasteiger partial charge in [-0.2, -0.15) is 0 Å². The number of hydrogen-bond donors (Lipinski definition) is 1. The first-order chi connectivity index (χ1) is 8.65. The SMILES string of the molecule is Cc1cc(CCN(C)CC2CCCN2)ccc1F. The van der Waals surface area contributed by atoms with Gasteiger partial charge >= 0.3 is 0 Å². The van der Waals surface area contributed by atoms with Gasteiger partial charge in [0.15, 0.2) is 0 Å². The number of halogens is 1. The van der Waals surface area contributed by atoms with Crippen LogP contribution in [-0.2, 0) is 6.42 Å². The lowest BCUT2D eigenvalue weighted by Crippen LogP contribution is -2.36. The van der Waals surface area contributed by atoms with E-state index in [1.54, 1.807) is 6.07 Å². The summed E-state index contributed by atoms with van der Waals surface area (Å²) >= 11 is 0. The Bertz CT molecular complexity index is 386. The molecule has 0 radical (unpaired) electrons. The van der Waals surface area contributed by atoms with E-state index < -0.39 is 0 Å². The Hall–Kier alpha value is -0.930. The summed E-state index contributed by atoms with van der Waals surface area (Å²) in [6, 6.07) is 6.08. The van der Waals surface area contributed by atoms with Crippen molar-refractivity contribution in [3.05, 3.63) is 35.1 Å². The molecule has 1 N–H and O–H groups in total. The minimum atomic E-state index is -0.109. The fourth-order valence-corrected chi connectivity index (χ4v) is 2.56. The lowest BCUT2D eigenvalue weighted by atomic mass is 10.1. The maximum atomic E-state index is 13.1. The summed E-state index contributed by atoms with van der Waals surface area (Å²) in [4.78, 5) is 2.36. The van der Waals surface area contributed by atoms with Crippen LogP contribution in [0.1, 0.15) is 24.0 Å². The Morgan fingerprint density at radius 3 is 2.94 bits per heavy atom. The van der Waals surface area contributed by atoms with Crippen molar-refractivity contribution in [2.24, 2.45) is 0 Å². The van der Waals surface area contributed by atoms with Crippen LogP contribution in [0.15, 0.2) is 18.2 Å². The topological polar surface area (TPSA) is 15.3 Å². The van der Waals surface area contributed by atoms with Crippen molar-refractivity contribution < 1.29 is 4.39 Å². The molecule has 100 valence electrons. The summed E-state index contributed by atoms with van der Waals surface area (Å²) in [7, 11) is 2.16. The van der Waals surface area contributed by atoms with E-state index in [-0.39, 0.29) is 5.82 Å². The number of nitrogens with one attached hydrogen (secondary N) is 1. The molecule has 2 nitrogen and oxygen atoms in total. The van der Waals surface area contributed by atoms with Crippen LogP contribution in [0.3, 0.4) is 0 Å². The normalized spacial score (nSPS) is 19.7. The number of aryl methyl sites for hydroxylation is 1. The maximum Gasteiger partial charge on any atom is 0.126 e. The Morgan fingerprint density at radius 1 is 1.44 bits per heavy atom. The molecule has 3 heteroatoms. The molecule has 1 aromatic rings. The molecule has 1 aliphatic heterocycles. The lowest BCUT2D eigenvalue weighted by molar-refractivity contribution is 0.303. The van der Waals surface area contributed by atoms with E-state index in [1.807, 2.05) is 19.1 Å². The van der Waals surface area contributed by atoms with Crippen LogP contribution in [0.25, 0.3) is 0 Å². The summed E-state index contributed by atoms with van der Waals surface area (Å²) in [6.07, 6.45) is 3.58. The van der Waals surface area contributed by atoms with Crippen molar-refractivity contribution in [3.8, 4) is 0 Å². The van der Waals surface area contributed by atoms with Gasteiger partial charge in [0.2, 0.25) is 0 Å². The third kappa shape index (κ3) is 3.79. The molecular formula is C15H23FN2. The van der Waals surface area contributed by atoms with Gasteiger partial charge in [-0.05, 0) is 57.0 Å². The predicted molar refractivity (Wildman–Crippen MR) is 73.4 cm³/mol. The summed E-state index contributed by atoms with van der Waals surface area (Å²) < 4.78 is 13.1. The highest BCUT2D eigenvalue weighted by molar-refractivity contribution is 5.24. The highest BCUT2D eigenvalue weighted by Gasteiger charge is 2.15. The molecule has 0 spiro atoms. The zero-order chi connectivity index (χ0) is 13.0. The number of likely N-dealkylation sites (N-methyl/N-ethyl adjacent to an activating group) is 1. The second-order valence-electron chi connectivity index (χ2n) is 5.39. The summed E-state index contributed by atoms with van der Waals surface area (Å²) in [5, 5.41) is 3.51. The smallest absolute Gasteiger partial charge is 0.126 e. The summed E-state index contributed by atoms with van der Waals surface area (Å²) in [5.41, 5.74) is 1.97. The zero-order valence-electron chi connectivity index (χ0n) is 11.4. The van der Waals surface area contributed by atoms with Gasteiger partial charge < -0.3 is 10.2 Å². The van der Waals surface area contributed by atoms with E-state index >= 15 is 0 Å². The molecule has 2 rings (SSSR count).